The van der Waals surface area contributed by atoms with Gasteiger partial charge in [0, 0.05) is 31.4 Å². The van der Waals surface area contributed by atoms with E-state index in [9.17, 15) is 4.79 Å². The Labute approximate surface area is 124 Å². The highest BCUT2D eigenvalue weighted by Crippen LogP contribution is 2.21. The van der Waals surface area contributed by atoms with E-state index in [-0.39, 0.29) is 12.1 Å². The highest BCUT2D eigenvalue weighted by atomic mass is 16.3. The average Bonchev–Trinajstić information content (AvgIpc) is 2.95. The topological polar surface area (TPSA) is 63.3 Å². The van der Waals surface area contributed by atoms with Crippen LogP contribution in [0.15, 0.2) is 22.9 Å². The van der Waals surface area contributed by atoms with E-state index in [0.29, 0.717) is 6.54 Å². The lowest BCUT2D eigenvalue weighted by Gasteiger charge is -2.20. The molecule has 0 saturated heterocycles. The van der Waals surface area contributed by atoms with Gasteiger partial charge in [-0.15, -0.1) is 0 Å². The van der Waals surface area contributed by atoms with Gasteiger partial charge in [-0.2, -0.15) is 5.10 Å². The number of hydrogen-bond acceptors (Lipinski definition) is 3. The van der Waals surface area contributed by atoms with Gasteiger partial charge in [-0.3, -0.25) is 4.68 Å². The number of aryl methyl sites for hydroxylation is 3. The molecule has 0 aliphatic heterocycles. The van der Waals surface area contributed by atoms with Crippen molar-refractivity contribution in [3.05, 3.63) is 41.1 Å². The van der Waals surface area contributed by atoms with E-state index in [2.05, 4.69) is 10.4 Å². The van der Waals surface area contributed by atoms with Crippen LogP contribution in [0.1, 0.15) is 35.6 Å². The molecular formula is C15H22N4O2. The van der Waals surface area contributed by atoms with Crippen molar-refractivity contribution in [1.29, 1.82) is 0 Å². The van der Waals surface area contributed by atoms with E-state index in [1.807, 2.05) is 40.1 Å². The van der Waals surface area contributed by atoms with Crippen LogP contribution < -0.4 is 5.32 Å². The van der Waals surface area contributed by atoms with Crippen molar-refractivity contribution >= 4 is 6.03 Å². The Balaban J connectivity index is 1.95. The number of carbonyl (C=O) groups is 1. The molecule has 0 aliphatic carbocycles. The third-order valence-corrected chi connectivity index (χ3v) is 3.41. The molecule has 0 fully saturated rings. The second kappa shape index (κ2) is 6.03. The molecule has 2 heterocycles. The van der Waals surface area contributed by atoms with E-state index in [1.54, 1.807) is 22.8 Å². The van der Waals surface area contributed by atoms with Gasteiger partial charge in [-0.1, -0.05) is 0 Å². The Kier molecular flexibility index (Phi) is 4.35. The minimum absolute atomic E-state index is 0.0914. The zero-order valence-corrected chi connectivity index (χ0v) is 13.2. The molecule has 0 unspecified atom stereocenters. The van der Waals surface area contributed by atoms with Gasteiger partial charge >= 0.3 is 6.03 Å². The zero-order valence-electron chi connectivity index (χ0n) is 13.2. The minimum Gasteiger partial charge on any atom is -0.466 e. The monoisotopic (exact) mass is 290 g/mol. The number of amides is 2. The van der Waals surface area contributed by atoms with E-state index in [4.69, 9.17) is 4.42 Å². The molecule has 0 radical (unpaired) electrons. The molecule has 2 rings (SSSR count). The van der Waals surface area contributed by atoms with Crippen molar-refractivity contribution in [3.8, 4) is 0 Å². The first-order chi connectivity index (χ1) is 9.86. The van der Waals surface area contributed by atoms with Crippen LogP contribution in [0.3, 0.4) is 0 Å². The van der Waals surface area contributed by atoms with Crippen LogP contribution in [0.5, 0.6) is 0 Å². The van der Waals surface area contributed by atoms with Crippen LogP contribution >= 0.6 is 0 Å². The van der Waals surface area contributed by atoms with E-state index >= 15 is 0 Å². The summed E-state index contributed by atoms with van der Waals surface area (Å²) in [7, 11) is 3.62. The fourth-order valence-electron chi connectivity index (χ4n) is 2.35. The van der Waals surface area contributed by atoms with Gasteiger partial charge in [0.15, 0.2) is 0 Å². The van der Waals surface area contributed by atoms with Gasteiger partial charge in [-0.25, -0.2) is 4.79 Å². The number of rotatable bonds is 4. The largest absolute Gasteiger partial charge is 0.466 e. The van der Waals surface area contributed by atoms with Crippen molar-refractivity contribution in [3.63, 3.8) is 0 Å². The molecule has 2 aromatic heterocycles. The Morgan fingerprint density at radius 2 is 2.24 bits per heavy atom. The van der Waals surface area contributed by atoms with Gasteiger partial charge in [-0.05, 0) is 26.8 Å². The molecule has 6 nitrogen and oxygen atoms in total. The number of nitrogens with zero attached hydrogens (tertiary/aromatic N) is 3. The fourth-order valence-corrected chi connectivity index (χ4v) is 2.35. The smallest absolute Gasteiger partial charge is 0.317 e. The number of carbonyl (C=O) groups excluding carboxylic acids is 1. The predicted molar refractivity (Wildman–Crippen MR) is 79.8 cm³/mol. The second-order valence-electron chi connectivity index (χ2n) is 5.42. The number of nitrogens with one attached hydrogen (secondary N) is 1. The normalized spacial score (nSPS) is 12.2. The van der Waals surface area contributed by atoms with Gasteiger partial charge < -0.3 is 14.6 Å². The quantitative estimate of drug-likeness (QED) is 0.941. The summed E-state index contributed by atoms with van der Waals surface area (Å²) >= 11 is 0. The van der Waals surface area contributed by atoms with Crippen LogP contribution in [-0.4, -0.2) is 27.8 Å². The minimum atomic E-state index is -0.121. The molecule has 2 aromatic rings. The van der Waals surface area contributed by atoms with Crippen LogP contribution in [-0.2, 0) is 13.6 Å². The Morgan fingerprint density at radius 3 is 2.76 bits per heavy atom. The molecule has 114 valence electrons. The highest BCUT2D eigenvalue weighted by molar-refractivity contribution is 5.74. The maximum absolute atomic E-state index is 12.2. The molecule has 6 heteroatoms. The number of furan rings is 1. The maximum atomic E-state index is 12.2. The number of urea groups is 1. The molecule has 0 saturated carbocycles. The SMILES string of the molecule is Cc1cc([C@@H](C)NC(=O)N(C)Cc2cnn(C)c2)c(C)o1. The van der Waals surface area contributed by atoms with Crippen LogP contribution in [0.2, 0.25) is 0 Å². The second-order valence-corrected chi connectivity index (χ2v) is 5.42. The predicted octanol–water partition coefficient (Wildman–Crippen LogP) is 2.53. The molecule has 0 bridgehead atoms. The molecule has 0 aromatic carbocycles. The first-order valence-corrected chi connectivity index (χ1v) is 6.93. The molecule has 21 heavy (non-hydrogen) atoms. The number of aromatic nitrogens is 2. The summed E-state index contributed by atoms with van der Waals surface area (Å²) in [4.78, 5) is 13.8. The van der Waals surface area contributed by atoms with Gasteiger partial charge in [0.25, 0.3) is 0 Å². The third kappa shape index (κ3) is 3.65. The molecule has 0 spiro atoms. The maximum Gasteiger partial charge on any atom is 0.317 e. The Hall–Kier alpha value is -2.24. The lowest BCUT2D eigenvalue weighted by Crippen LogP contribution is -2.38. The van der Waals surface area contributed by atoms with Crippen molar-refractivity contribution in [2.75, 3.05) is 7.05 Å². The number of hydrogen-bond donors (Lipinski definition) is 1. The summed E-state index contributed by atoms with van der Waals surface area (Å²) in [6.07, 6.45) is 3.66. The molecule has 1 N–H and O–H groups in total. The van der Waals surface area contributed by atoms with Crippen molar-refractivity contribution < 1.29 is 9.21 Å². The van der Waals surface area contributed by atoms with Crippen molar-refractivity contribution in [2.24, 2.45) is 7.05 Å². The van der Waals surface area contributed by atoms with E-state index < -0.39 is 0 Å². The average molecular weight is 290 g/mol. The van der Waals surface area contributed by atoms with Gasteiger partial charge in [0.05, 0.1) is 18.8 Å². The lowest BCUT2D eigenvalue weighted by atomic mass is 10.1. The fraction of sp³-hybridized carbons (Fsp3) is 0.467. The van der Waals surface area contributed by atoms with Gasteiger partial charge in [0.2, 0.25) is 0 Å². The van der Waals surface area contributed by atoms with E-state index in [1.165, 1.54) is 0 Å². The van der Waals surface area contributed by atoms with Crippen molar-refractivity contribution in [2.45, 2.75) is 33.4 Å². The first kappa shape index (κ1) is 15.2. The van der Waals surface area contributed by atoms with E-state index in [0.717, 1.165) is 22.6 Å². The first-order valence-electron chi connectivity index (χ1n) is 6.93. The molecule has 1 atom stereocenters. The van der Waals surface area contributed by atoms with Crippen molar-refractivity contribution in [1.82, 2.24) is 20.0 Å². The molecule has 0 aliphatic rings. The van der Waals surface area contributed by atoms with Crippen LogP contribution in [0, 0.1) is 13.8 Å². The summed E-state index contributed by atoms with van der Waals surface area (Å²) in [6.45, 7) is 6.28. The van der Waals surface area contributed by atoms with Crippen LogP contribution in [0.25, 0.3) is 0 Å². The summed E-state index contributed by atoms with van der Waals surface area (Å²) in [5, 5.41) is 7.07. The van der Waals surface area contributed by atoms with Crippen LogP contribution in [0.4, 0.5) is 4.79 Å². The molecule has 2 amide bonds. The lowest BCUT2D eigenvalue weighted by molar-refractivity contribution is 0.203. The highest BCUT2D eigenvalue weighted by Gasteiger charge is 2.17. The summed E-state index contributed by atoms with van der Waals surface area (Å²) in [5.74, 6) is 1.70. The Morgan fingerprint density at radius 1 is 1.52 bits per heavy atom. The third-order valence-electron chi connectivity index (χ3n) is 3.41. The zero-order chi connectivity index (χ0) is 15.6. The summed E-state index contributed by atoms with van der Waals surface area (Å²) < 4.78 is 7.22. The summed E-state index contributed by atoms with van der Waals surface area (Å²) in [5.41, 5.74) is 2.01. The Bertz CT molecular complexity index is 629. The summed E-state index contributed by atoms with van der Waals surface area (Å²) in [6, 6.07) is 1.75. The van der Waals surface area contributed by atoms with Gasteiger partial charge in [0.1, 0.15) is 11.5 Å². The standard InChI is InChI=1S/C15H22N4O2/c1-10-6-14(12(3)21-10)11(2)17-15(20)18(4)8-13-7-16-19(5)9-13/h6-7,9,11H,8H2,1-5H3,(H,17,20)/t11-/m1/s1. The molecular weight excluding hydrogens is 268 g/mol.